The standard InChI is InChI=1S/C19H23N5O3S/c1-10(2)9-24-15-14(17(26)21-18(24)27)12(8-13(20-15)11(3)4)16(25)22-19-23(5)6-7-28-19/h6-8,10-11H,9H2,1-5H3,(H,21,26,27). The van der Waals surface area contributed by atoms with Crippen molar-refractivity contribution in [2.75, 3.05) is 0 Å². The van der Waals surface area contributed by atoms with E-state index in [-0.39, 0.29) is 28.4 Å². The zero-order valence-electron chi connectivity index (χ0n) is 16.5. The van der Waals surface area contributed by atoms with Gasteiger partial charge in [-0.3, -0.25) is 19.1 Å². The molecule has 0 aliphatic heterocycles. The third-order valence-corrected chi connectivity index (χ3v) is 5.14. The lowest BCUT2D eigenvalue weighted by Crippen LogP contribution is -2.33. The number of H-pyrrole nitrogens is 1. The fourth-order valence-electron chi connectivity index (χ4n) is 2.87. The van der Waals surface area contributed by atoms with Crippen molar-refractivity contribution < 1.29 is 4.79 Å². The van der Waals surface area contributed by atoms with Crippen LogP contribution >= 0.6 is 11.3 Å². The molecule has 0 spiro atoms. The molecular formula is C19H23N5O3S. The van der Waals surface area contributed by atoms with Crippen LogP contribution in [0.3, 0.4) is 0 Å². The van der Waals surface area contributed by atoms with Crippen molar-refractivity contribution in [1.29, 1.82) is 0 Å². The molecule has 0 fully saturated rings. The van der Waals surface area contributed by atoms with Crippen LogP contribution in [0.15, 0.2) is 32.2 Å². The van der Waals surface area contributed by atoms with Gasteiger partial charge in [0.25, 0.3) is 11.5 Å². The minimum Gasteiger partial charge on any atom is -0.327 e. The highest BCUT2D eigenvalue weighted by Crippen LogP contribution is 2.20. The molecular weight excluding hydrogens is 378 g/mol. The van der Waals surface area contributed by atoms with E-state index in [1.807, 2.05) is 33.1 Å². The number of aryl methyl sites for hydroxylation is 1. The number of fused-ring (bicyclic) bond motifs is 1. The minimum atomic E-state index is -0.628. The number of nitrogens with zero attached hydrogens (tertiary/aromatic N) is 4. The minimum absolute atomic E-state index is 0.00990. The quantitative estimate of drug-likeness (QED) is 0.722. The molecule has 0 bridgehead atoms. The maximum Gasteiger partial charge on any atom is 0.330 e. The number of carbonyl (C=O) groups is 1. The summed E-state index contributed by atoms with van der Waals surface area (Å²) in [5.74, 6) is -0.367. The molecule has 3 heterocycles. The van der Waals surface area contributed by atoms with Crippen molar-refractivity contribution in [1.82, 2.24) is 19.1 Å². The Morgan fingerprint density at radius 2 is 2.00 bits per heavy atom. The normalized spacial score (nSPS) is 12.5. The molecule has 0 saturated heterocycles. The van der Waals surface area contributed by atoms with E-state index < -0.39 is 17.2 Å². The summed E-state index contributed by atoms with van der Waals surface area (Å²) in [6, 6.07) is 1.60. The Balaban J connectivity index is 2.39. The van der Waals surface area contributed by atoms with Crippen molar-refractivity contribution >= 4 is 28.3 Å². The van der Waals surface area contributed by atoms with Crippen LogP contribution in [0.4, 0.5) is 0 Å². The average Bonchev–Trinajstić information content (AvgIpc) is 3.01. The second-order valence-corrected chi connectivity index (χ2v) is 8.30. The van der Waals surface area contributed by atoms with Gasteiger partial charge in [0, 0.05) is 30.9 Å². The lowest BCUT2D eigenvalue weighted by atomic mass is 10.0. The maximum atomic E-state index is 13.0. The van der Waals surface area contributed by atoms with Crippen LogP contribution in [0.1, 0.15) is 49.7 Å². The predicted molar refractivity (Wildman–Crippen MR) is 109 cm³/mol. The van der Waals surface area contributed by atoms with Crippen molar-refractivity contribution in [3.05, 3.63) is 54.5 Å². The molecule has 0 radical (unpaired) electrons. The van der Waals surface area contributed by atoms with Gasteiger partial charge < -0.3 is 4.57 Å². The maximum absolute atomic E-state index is 13.0. The number of amides is 1. The van der Waals surface area contributed by atoms with Gasteiger partial charge in [0.05, 0.1) is 10.9 Å². The lowest BCUT2D eigenvalue weighted by molar-refractivity contribution is 0.0999. The van der Waals surface area contributed by atoms with Crippen LogP contribution in [0.25, 0.3) is 11.0 Å². The van der Waals surface area contributed by atoms with E-state index in [9.17, 15) is 14.4 Å². The molecule has 3 aromatic heterocycles. The Morgan fingerprint density at radius 3 is 2.57 bits per heavy atom. The molecule has 1 amide bonds. The van der Waals surface area contributed by atoms with Crippen LogP contribution in [0.2, 0.25) is 0 Å². The van der Waals surface area contributed by atoms with Gasteiger partial charge in [-0.05, 0) is 17.9 Å². The van der Waals surface area contributed by atoms with Gasteiger partial charge in [-0.2, -0.15) is 4.99 Å². The first kappa shape index (κ1) is 19.9. The average molecular weight is 401 g/mol. The molecule has 0 atom stereocenters. The van der Waals surface area contributed by atoms with Gasteiger partial charge >= 0.3 is 5.69 Å². The number of pyridine rings is 1. The van der Waals surface area contributed by atoms with Gasteiger partial charge in [-0.25, -0.2) is 9.78 Å². The van der Waals surface area contributed by atoms with Gasteiger partial charge in [-0.15, -0.1) is 11.3 Å². The predicted octanol–water partition coefficient (Wildman–Crippen LogP) is 2.01. The zero-order valence-corrected chi connectivity index (χ0v) is 17.3. The third kappa shape index (κ3) is 3.75. The molecule has 8 nitrogen and oxygen atoms in total. The second-order valence-electron chi connectivity index (χ2n) is 7.43. The molecule has 0 aliphatic carbocycles. The van der Waals surface area contributed by atoms with E-state index in [4.69, 9.17) is 0 Å². The van der Waals surface area contributed by atoms with Crippen LogP contribution < -0.4 is 16.1 Å². The molecule has 0 aliphatic rings. The fourth-order valence-corrected chi connectivity index (χ4v) is 3.60. The molecule has 0 saturated carbocycles. The van der Waals surface area contributed by atoms with Crippen LogP contribution in [0.5, 0.6) is 0 Å². The zero-order chi connectivity index (χ0) is 20.6. The van der Waals surface area contributed by atoms with E-state index in [1.54, 1.807) is 23.9 Å². The molecule has 1 N–H and O–H groups in total. The van der Waals surface area contributed by atoms with Crippen molar-refractivity contribution in [2.24, 2.45) is 18.0 Å². The summed E-state index contributed by atoms with van der Waals surface area (Å²) in [5.41, 5.74) is -0.149. The Kier molecular flexibility index (Phi) is 5.46. The van der Waals surface area contributed by atoms with Crippen molar-refractivity contribution in [3.63, 3.8) is 0 Å². The van der Waals surface area contributed by atoms with E-state index in [1.165, 1.54) is 15.9 Å². The summed E-state index contributed by atoms with van der Waals surface area (Å²) in [5, 5.41) is 1.92. The summed E-state index contributed by atoms with van der Waals surface area (Å²) < 4.78 is 3.16. The van der Waals surface area contributed by atoms with E-state index in [0.29, 0.717) is 17.0 Å². The van der Waals surface area contributed by atoms with Crippen LogP contribution in [-0.2, 0) is 13.6 Å². The Hall–Kier alpha value is -2.81. The molecule has 9 heteroatoms. The summed E-state index contributed by atoms with van der Waals surface area (Å²) in [6.07, 6.45) is 1.80. The van der Waals surface area contributed by atoms with Crippen LogP contribution in [0, 0.1) is 5.92 Å². The van der Waals surface area contributed by atoms with Gasteiger partial charge in [0.1, 0.15) is 0 Å². The topological polar surface area (TPSA) is 102 Å². The summed E-state index contributed by atoms with van der Waals surface area (Å²) >= 11 is 1.33. The highest BCUT2D eigenvalue weighted by atomic mass is 32.1. The van der Waals surface area contributed by atoms with Crippen molar-refractivity contribution in [2.45, 2.75) is 40.2 Å². The van der Waals surface area contributed by atoms with Crippen LogP contribution in [-0.4, -0.2) is 25.0 Å². The summed E-state index contributed by atoms with van der Waals surface area (Å²) in [7, 11) is 1.79. The number of nitrogens with one attached hydrogen (secondary N) is 1. The largest absolute Gasteiger partial charge is 0.330 e. The van der Waals surface area contributed by atoms with Crippen molar-refractivity contribution in [3.8, 4) is 0 Å². The first-order valence-electron chi connectivity index (χ1n) is 9.06. The van der Waals surface area contributed by atoms with E-state index >= 15 is 0 Å². The molecule has 3 aromatic rings. The number of hydrogen-bond acceptors (Lipinski definition) is 5. The SMILES string of the molecule is CC(C)Cn1c(=O)[nH]c(=O)c2c(C(=O)N=c3sccn3C)cc(C(C)C)nc21. The number of hydrogen-bond donors (Lipinski definition) is 1. The lowest BCUT2D eigenvalue weighted by Gasteiger charge is -2.14. The Morgan fingerprint density at radius 1 is 1.29 bits per heavy atom. The molecule has 28 heavy (non-hydrogen) atoms. The Labute approximate surface area is 165 Å². The first-order chi connectivity index (χ1) is 13.2. The summed E-state index contributed by atoms with van der Waals surface area (Å²) in [6.45, 7) is 8.20. The number of aromatic nitrogens is 4. The molecule has 0 unspecified atom stereocenters. The highest BCUT2D eigenvalue weighted by molar-refractivity contribution is 7.07. The number of thiazole rings is 1. The number of aromatic amines is 1. The Bertz CT molecular complexity index is 1230. The highest BCUT2D eigenvalue weighted by Gasteiger charge is 2.20. The summed E-state index contributed by atoms with van der Waals surface area (Å²) in [4.78, 5) is 49.6. The molecule has 0 aromatic carbocycles. The van der Waals surface area contributed by atoms with Gasteiger partial charge in [0.15, 0.2) is 10.4 Å². The molecule has 148 valence electrons. The number of rotatable bonds is 4. The number of carbonyl (C=O) groups excluding carboxylic acids is 1. The van der Waals surface area contributed by atoms with Gasteiger partial charge in [0.2, 0.25) is 0 Å². The molecule has 3 rings (SSSR count). The first-order valence-corrected chi connectivity index (χ1v) is 9.94. The van der Waals surface area contributed by atoms with E-state index in [0.717, 1.165) is 0 Å². The van der Waals surface area contributed by atoms with Gasteiger partial charge in [-0.1, -0.05) is 27.7 Å². The second kappa shape index (κ2) is 7.67. The monoisotopic (exact) mass is 401 g/mol. The third-order valence-electron chi connectivity index (χ3n) is 4.30. The van der Waals surface area contributed by atoms with E-state index in [2.05, 4.69) is 15.0 Å². The smallest absolute Gasteiger partial charge is 0.327 e. The fraction of sp³-hybridized carbons (Fsp3) is 0.421.